The van der Waals surface area contributed by atoms with Gasteiger partial charge in [-0.15, -0.1) is 0 Å². The number of aromatic nitrogens is 2. The molecule has 1 aromatic rings. The van der Waals surface area contributed by atoms with Crippen LogP contribution in [0.5, 0.6) is 0 Å². The number of likely N-dealkylation sites (tertiary alicyclic amines) is 1. The molecule has 5 heteroatoms. The first-order valence-electron chi connectivity index (χ1n) is 7.09. The Kier molecular flexibility index (Phi) is 4.82. The van der Waals surface area contributed by atoms with Gasteiger partial charge in [0.05, 0.1) is 12.3 Å². The van der Waals surface area contributed by atoms with Crippen LogP contribution in [0.2, 0.25) is 0 Å². The van der Waals surface area contributed by atoms with Crippen LogP contribution in [-0.2, 0) is 4.74 Å². The highest BCUT2D eigenvalue weighted by Gasteiger charge is 2.22. The number of hydrogen-bond acceptors (Lipinski definition) is 4. The molecule has 2 unspecified atom stereocenters. The van der Waals surface area contributed by atoms with Crippen LogP contribution >= 0.6 is 0 Å². The summed E-state index contributed by atoms with van der Waals surface area (Å²) in [6.07, 6.45) is 4.64. The monoisotopic (exact) mass is 266 g/mol. The van der Waals surface area contributed by atoms with Crippen LogP contribution in [0.3, 0.4) is 0 Å². The molecule has 0 saturated carbocycles. The van der Waals surface area contributed by atoms with Gasteiger partial charge < -0.3 is 19.5 Å². The second-order valence-corrected chi connectivity index (χ2v) is 5.67. The highest BCUT2D eigenvalue weighted by molar-refractivity contribution is 5.31. The average molecular weight is 266 g/mol. The number of ether oxygens (including phenoxy) is 1. The first kappa shape index (κ1) is 14.3. The van der Waals surface area contributed by atoms with E-state index in [4.69, 9.17) is 4.74 Å². The summed E-state index contributed by atoms with van der Waals surface area (Å²) >= 11 is 0. The molecule has 5 nitrogen and oxygen atoms in total. The summed E-state index contributed by atoms with van der Waals surface area (Å²) in [6.45, 7) is 7.16. The van der Waals surface area contributed by atoms with E-state index < -0.39 is 0 Å². The Labute approximate surface area is 116 Å². The lowest BCUT2D eigenvalue weighted by Crippen LogP contribution is -2.34. The predicted molar refractivity (Wildman–Crippen MR) is 77.7 cm³/mol. The van der Waals surface area contributed by atoms with Crippen LogP contribution in [0.15, 0.2) is 6.20 Å². The molecule has 2 rings (SSSR count). The molecule has 1 fully saturated rings. The van der Waals surface area contributed by atoms with Crippen molar-refractivity contribution in [2.75, 3.05) is 39.2 Å². The van der Waals surface area contributed by atoms with Crippen molar-refractivity contribution in [2.24, 2.45) is 0 Å². The summed E-state index contributed by atoms with van der Waals surface area (Å²) in [7, 11) is 3.92. The van der Waals surface area contributed by atoms with Gasteiger partial charge in [0.1, 0.15) is 0 Å². The topological polar surface area (TPSA) is 42.3 Å². The fourth-order valence-electron chi connectivity index (χ4n) is 2.78. The van der Waals surface area contributed by atoms with E-state index in [1.165, 1.54) is 19.4 Å². The molecular formula is C14H26N4O. The summed E-state index contributed by atoms with van der Waals surface area (Å²) in [6, 6.07) is 0.795. The molecule has 0 radical (unpaired) electrons. The summed E-state index contributed by atoms with van der Waals surface area (Å²) in [4.78, 5) is 7.01. The Balaban J connectivity index is 2.11. The number of hydrogen-bond donors (Lipinski definition) is 1. The molecule has 1 aliphatic heterocycles. The number of piperidine rings is 1. The molecule has 0 bridgehead atoms. The number of nitrogens with zero attached hydrogens (tertiary/aromatic N) is 3. The predicted octanol–water partition coefficient (Wildman–Crippen LogP) is 1.91. The van der Waals surface area contributed by atoms with Crippen molar-refractivity contribution >= 4 is 5.95 Å². The van der Waals surface area contributed by atoms with E-state index in [-0.39, 0.29) is 6.04 Å². The molecule has 0 aliphatic carbocycles. The molecule has 2 atom stereocenters. The number of imidazole rings is 1. The fourth-order valence-corrected chi connectivity index (χ4v) is 2.78. The maximum Gasteiger partial charge on any atom is 0.203 e. The van der Waals surface area contributed by atoms with Gasteiger partial charge in [0.25, 0.3) is 0 Å². The zero-order valence-electron chi connectivity index (χ0n) is 12.5. The van der Waals surface area contributed by atoms with Crippen LogP contribution in [0.1, 0.15) is 31.5 Å². The van der Waals surface area contributed by atoms with Gasteiger partial charge in [-0.25, -0.2) is 4.98 Å². The van der Waals surface area contributed by atoms with Crippen molar-refractivity contribution in [3.8, 4) is 0 Å². The highest BCUT2D eigenvalue weighted by Crippen LogP contribution is 2.25. The van der Waals surface area contributed by atoms with E-state index in [1.807, 2.05) is 0 Å². The van der Waals surface area contributed by atoms with E-state index in [0.29, 0.717) is 12.6 Å². The van der Waals surface area contributed by atoms with Crippen LogP contribution in [-0.4, -0.2) is 54.3 Å². The minimum absolute atomic E-state index is 0.270. The third kappa shape index (κ3) is 3.70. The molecule has 108 valence electrons. The normalized spacial score (nSPS) is 22.4. The van der Waals surface area contributed by atoms with Crippen molar-refractivity contribution in [1.29, 1.82) is 0 Å². The zero-order chi connectivity index (χ0) is 13.8. The van der Waals surface area contributed by atoms with Crippen LogP contribution in [0, 0.1) is 6.92 Å². The number of aryl methyl sites for hydroxylation is 1. The number of likely N-dealkylation sites (N-methyl/N-ethyl adjacent to an activating group) is 1. The van der Waals surface area contributed by atoms with Gasteiger partial charge in [-0.3, -0.25) is 0 Å². The van der Waals surface area contributed by atoms with E-state index in [2.05, 4.69) is 46.9 Å². The quantitative estimate of drug-likeness (QED) is 0.884. The Morgan fingerprint density at radius 1 is 1.58 bits per heavy atom. The van der Waals surface area contributed by atoms with E-state index >= 15 is 0 Å². The summed E-state index contributed by atoms with van der Waals surface area (Å²) in [5.74, 6) is 0.974. The smallest absolute Gasteiger partial charge is 0.203 e. The lowest BCUT2D eigenvalue weighted by Gasteiger charge is -2.31. The van der Waals surface area contributed by atoms with Gasteiger partial charge >= 0.3 is 0 Å². The highest BCUT2D eigenvalue weighted by atomic mass is 16.5. The van der Waals surface area contributed by atoms with Gasteiger partial charge in [-0.05, 0) is 40.3 Å². The lowest BCUT2D eigenvalue weighted by atomic mass is 10.1. The number of rotatable bonds is 5. The van der Waals surface area contributed by atoms with Gasteiger partial charge in [0.2, 0.25) is 5.95 Å². The Bertz CT molecular complexity index is 404. The second-order valence-electron chi connectivity index (χ2n) is 5.67. The fraction of sp³-hybridized carbons (Fsp3) is 0.786. The molecule has 1 N–H and O–H groups in total. The van der Waals surface area contributed by atoms with Crippen LogP contribution < -0.4 is 5.32 Å². The van der Waals surface area contributed by atoms with Gasteiger partial charge in [-0.1, -0.05) is 0 Å². The zero-order valence-corrected chi connectivity index (χ0v) is 12.5. The minimum Gasteiger partial charge on any atom is -0.383 e. The summed E-state index contributed by atoms with van der Waals surface area (Å²) in [5, 5.41) is 3.45. The van der Waals surface area contributed by atoms with Crippen molar-refractivity contribution in [3.05, 3.63) is 11.9 Å². The minimum atomic E-state index is 0.270. The first-order valence-corrected chi connectivity index (χ1v) is 7.09. The largest absolute Gasteiger partial charge is 0.383 e. The van der Waals surface area contributed by atoms with Crippen molar-refractivity contribution < 1.29 is 4.74 Å². The van der Waals surface area contributed by atoms with Gasteiger partial charge in [0, 0.05) is 31.9 Å². The van der Waals surface area contributed by atoms with E-state index in [1.54, 1.807) is 7.11 Å². The third-order valence-electron chi connectivity index (χ3n) is 3.64. The molecule has 1 saturated heterocycles. The van der Waals surface area contributed by atoms with Gasteiger partial charge in [-0.2, -0.15) is 0 Å². The van der Waals surface area contributed by atoms with Crippen LogP contribution in [0.4, 0.5) is 5.95 Å². The summed E-state index contributed by atoms with van der Waals surface area (Å²) in [5.41, 5.74) is 1.07. The summed E-state index contributed by atoms with van der Waals surface area (Å²) < 4.78 is 7.48. The lowest BCUT2D eigenvalue weighted by molar-refractivity contribution is 0.189. The second kappa shape index (κ2) is 6.39. The van der Waals surface area contributed by atoms with Crippen molar-refractivity contribution in [1.82, 2.24) is 14.5 Å². The Hall–Kier alpha value is -1.07. The molecule has 1 aromatic heterocycles. The van der Waals surface area contributed by atoms with Crippen molar-refractivity contribution in [2.45, 2.75) is 38.8 Å². The maximum absolute atomic E-state index is 5.18. The first-order chi connectivity index (χ1) is 9.10. The number of nitrogens with one attached hydrogen (secondary N) is 1. The molecule has 0 amide bonds. The van der Waals surface area contributed by atoms with Gasteiger partial charge in [0.15, 0.2) is 0 Å². The van der Waals surface area contributed by atoms with Crippen molar-refractivity contribution in [3.63, 3.8) is 0 Å². The Morgan fingerprint density at radius 3 is 3.05 bits per heavy atom. The third-order valence-corrected chi connectivity index (χ3v) is 3.64. The molecule has 2 heterocycles. The van der Waals surface area contributed by atoms with E-state index in [0.717, 1.165) is 18.2 Å². The number of methoxy groups -OCH3 is 1. The Morgan fingerprint density at radius 2 is 2.37 bits per heavy atom. The van der Waals surface area contributed by atoms with Crippen LogP contribution in [0.25, 0.3) is 0 Å². The maximum atomic E-state index is 5.18. The molecule has 19 heavy (non-hydrogen) atoms. The average Bonchev–Trinajstić information content (AvgIpc) is 2.70. The van der Waals surface area contributed by atoms with E-state index in [9.17, 15) is 0 Å². The SMILES string of the molecule is COCC(C)Nc1nc(C)cn1C1CCCN(C)C1. The molecule has 1 aliphatic rings. The number of anilines is 1. The molecular weight excluding hydrogens is 240 g/mol. The standard InChI is InChI=1S/C14H26N4O/c1-11-8-18(13-6-5-7-17(3)9-13)14(15-11)16-12(2)10-19-4/h8,12-13H,5-7,9-10H2,1-4H3,(H,15,16). The molecule has 0 spiro atoms. The molecule has 0 aromatic carbocycles.